The van der Waals surface area contributed by atoms with E-state index in [-0.39, 0.29) is 18.0 Å². The topological polar surface area (TPSA) is 52.6 Å². The predicted octanol–water partition coefficient (Wildman–Crippen LogP) is 8.67. The maximum Gasteiger partial charge on any atom is 0.338 e. The van der Waals surface area contributed by atoms with E-state index in [0.29, 0.717) is 17.7 Å². The standard InChI is InChI=1S/C29H48O4/c1-4-7-9-10-11-12-13-14-15-16-17-18-23-32-28(30)25-20-19-21-26(24-25)29(31)33-27(6-3)22-8-5-2/h19-21,24,27H,4-18,22-23H2,1-3H3. The van der Waals surface area contributed by atoms with Crippen molar-refractivity contribution in [3.63, 3.8) is 0 Å². The van der Waals surface area contributed by atoms with Gasteiger partial charge < -0.3 is 9.47 Å². The molecule has 0 spiro atoms. The molecule has 4 nitrogen and oxygen atoms in total. The number of carbonyl (C=O) groups excluding carboxylic acids is 2. The number of hydrogen-bond donors (Lipinski definition) is 0. The maximum atomic E-state index is 12.5. The van der Waals surface area contributed by atoms with Crippen LogP contribution in [0.15, 0.2) is 24.3 Å². The molecule has 1 unspecified atom stereocenters. The lowest BCUT2D eigenvalue weighted by Crippen LogP contribution is -2.18. The van der Waals surface area contributed by atoms with Gasteiger partial charge in [0, 0.05) is 0 Å². The number of unbranched alkanes of at least 4 members (excludes halogenated alkanes) is 12. The van der Waals surface area contributed by atoms with Gasteiger partial charge in [-0.15, -0.1) is 0 Å². The summed E-state index contributed by atoms with van der Waals surface area (Å²) in [6.45, 7) is 6.84. The average molecular weight is 461 g/mol. The van der Waals surface area contributed by atoms with Crippen LogP contribution in [0.5, 0.6) is 0 Å². The van der Waals surface area contributed by atoms with Crippen molar-refractivity contribution in [1.29, 1.82) is 0 Å². The SMILES string of the molecule is CCCCCCCCCCCCCCOC(=O)c1cccc(C(=O)OC(CC)CCCC)c1. The number of esters is 2. The quantitative estimate of drug-likeness (QED) is 0.144. The molecule has 0 saturated carbocycles. The lowest BCUT2D eigenvalue weighted by molar-refractivity contribution is 0.0268. The second kappa shape index (κ2) is 19.6. The van der Waals surface area contributed by atoms with Gasteiger partial charge in [0.25, 0.3) is 0 Å². The van der Waals surface area contributed by atoms with E-state index in [1.165, 1.54) is 64.2 Å². The van der Waals surface area contributed by atoms with E-state index < -0.39 is 0 Å². The van der Waals surface area contributed by atoms with E-state index in [2.05, 4.69) is 13.8 Å². The zero-order chi connectivity index (χ0) is 24.2. The summed E-state index contributed by atoms with van der Waals surface area (Å²) in [7, 11) is 0. The zero-order valence-corrected chi connectivity index (χ0v) is 21.5. The lowest BCUT2D eigenvalue weighted by atomic mass is 10.1. The minimum absolute atomic E-state index is 0.0705. The molecule has 0 heterocycles. The van der Waals surface area contributed by atoms with Crippen LogP contribution in [0.1, 0.15) is 144 Å². The van der Waals surface area contributed by atoms with E-state index in [1.54, 1.807) is 24.3 Å². The molecule has 0 amide bonds. The Kier molecular flexibility index (Phi) is 17.4. The molecule has 0 fully saturated rings. The molecule has 1 aromatic rings. The molecular weight excluding hydrogens is 412 g/mol. The highest BCUT2D eigenvalue weighted by molar-refractivity contribution is 5.95. The Hall–Kier alpha value is -1.84. The zero-order valence-electron chi connectivity index (χ0n) is 21.5. The summed E-state index contributed by atoms with van der Waals surface area (Å²) in [6.07, 6.45) is 19.0. The van der Waals surface area contributed by atoms with Crippen LogP contribution in [0.25, 0.3) is 0 Å². The highest BCUT2D eigenvalue weighted by Crippen LogP contribution is 2.15. The van der Waals surface area contributed by atoms with Crippen LogP contribution in [0, 0.1) is 0 Å². The Balaban J connectivity index is 2.20. The summed E-state index contributed by atoms with van der Waals surface area (Å²) >= 11 is 0. The van der Waals surface area contributed by atoms with Gasteiger partial charge in [0.15, 0.2) is 0 Å². The fourth-order valence-corrected chi connectivity index (χ4v) is 3.96. The first-order valence-corrected chi connectivity index (χ1v) is 13.6. The van der Waals surface area contributed by atoms with Crippen LogP contribution in [0.4, 0.5) is 0 Å². The third kappa shape index (κ3) is 14.1. The molecule has 0 aromatic heterocycles. The molecule has 0 bridgehead atoms. The van der Waals surface area contributed by atoms with E-state index in [9.17, 15) is 9.59 Å². The molecule has 1 aromatic carbocycles. The Morgan fingerprint density at radius 1 is 0.697 bits per heavy atom. The molecule has 0 aliphatic carbocycles. The number of hydrogen-bond acceptors (Lipinski definition) is 4. The van der Waals surface area contributed by atoms with Crippen molar-refractivity contribution < 1.29 is 19.1 Å². The highest BCUT2D eigenvalue weighted by Gasteiger charge is 2.16. The van der Waals surface area contributed by atoms with Crippen molar-refractivity contribution in [2.45, 2.75) is 130 Å². The van der Waals surface area contributed by atoms with E-state index in [0.717, 1.165) is 38.5 Å². The largest absolute Gasteiger partial charge is 0.462 e. The Bertz CT molecular complexity index is 640. The lowest BCUT2D eigenvalue weighted by Gasteiger charge is -2.16. The van der Waals surface area contributed by atoms with Gasteiger partial charge in [-0.3, -0.25) is 0 Å². The molecular formula is C29H48O4. The van der Waals surface area contributed by atoms with Crippen molar-refractivity contribution in [3.8, 4) is 0 Å². The molecule has 188 valence electrons. The van der Waals surface area contributed by atoms with Crippen LogP contribution in [-0.2, 0) is 9.47 Å². The first-order valence-electron chi connectivity index (χ1n) is 13.6. The van der Waals surface area contributed by atoms with Crippen LogP contribution in [0.3, 0.4) is 0 Å². The second-order valence-corrected chi connectivity index (χ2v) is 9.18. The minimum atomic E-state index is -0.370. The van der Waals surface area contributed by atoms with E-state index >= 15 is 0 Å². The number of ether oxygens (including phenoxy) is 2. The summed E-state index contributed by atoms with van der Waals surface area (Å²) in [5.41, 5.74) is 0.815. The summed E-state index contributed by atoms with van der Waals surface area (Å²) in [4.78, 5) is 24.8. The van der Waals surface area contributed by atoms with Crippen LogP contribution < -0.4 is 0 Å². The van der Waals surface area contributed by atoms with Crippen molar-refractivity contribution >= 4 is 11.9 Å². The fourth-order valence-electron chi connectivity index (χ4n) is 3.96. The number of rotatable bonds is 20. The van der Waals surface area contributed by atoms with Crippen molar-refractivity contribution in [2.75, 3.05) is 6.61 Å². The molecule has 4 heteroatoms. The third-order valence-electron chi connectivity index (χ3n) is 6.17. The monoisotopic (exact) mass is 460 g/mol. The van der Waals surface area contributed by atoms with Gasteiger partial charge in [0.2, 0.25) is 0 Å². The summed E-state index contributed by atoms with van der Waals surface area (Å²) in [5.74, 6) is -0.737. The van der Waals surface area contributed by atoms with Crippen LogP contribution in [0.2, 0.25) is 0 Å². The van der Waals surface area contributed by atoms with Crippen LogP contribution >= 0.6 is 0 Å². The Labute approximate surface area is 202 Å². The molecule has 0 N–H and O–H groups in total. The van der Waals surface area contributed by atoms with Crippen molar-refractivity contribution in [3.05, 3.63) is 35.4 Å². The first kappa shape index (κ1) is 29.2. The van der Waals surface area contributed by atoms with Gasteiger partial charge in [0.1, 0.15) is 6.10 Å². The molecule has 0 aliphatic heterocycles. The van der Waals surface area contributed by atoms with Crippen molar-refractivity contribution in [1.82, 2.24) is 0 Å². The molecule has 1 atom stereocenters. The molecule has 0 radical (unpaired) electrons. The summed E-state index contributed by atoms with van der Waals surface area (Å²) in [6, 6.07) is 6.68. The van der Waals surface area contributed by atoms with E-state index in [1.807, 2.05) is 6.92 Å². The van der Waals surface area contributed by atoms with Gasteiger partial charge in [0.05, 0.1) is 17.7 Å². The molecule has 0 saturated heterocycles. The average Bonchev–Trinajstić information content (AvgIpc) is 2.84. The minimum Gasteiger partial charge on any atom is -0.462 e. The predicted molar refractivity (Wildman–Crippen MR) is 137 cm³/mol. The van der Waals surface area contributed by atoms with Gasteiger partial charge in [-0.1, -0.05) is 110 Å². The van der Waals surface area contributed by atoms with Crippen LogP contribution in [-0.4, -0.2) is 24.6 Å². The van der Waals surface area contributed by atoms with Crippen molar-refractivity contribution in [2.24, 2.45) is 0 Å². The Morgan fingerprint density at radius 2 is 1.21 bits per heavy atom. The second-order valence-electron chi connectivity index (χ2n) is 9.18. The Morgan fingerprint density at radius 3 is 1.76 bits per heavy atom. The highest BCUT2D eigenvalue weighted by atomic mass is 16.5. The van der Waals surface area contributed by atoms with Gasteiger partial charge in [-0.2, -0.15) is 0 Å². The van der Waals surface area contributed by atoms with Gasteiger partial charge in [-0.05, 0) is 37.5 Å². The van der Waals surface area contributed by atoms with E-state index in [4.69, 9.17) is 9.47 Å². The van der Waals surface area contributed by atoms with Gasteiger partial charge >= 0.3 is 11.9 Å². The molecule has 33 heavy (non-hydrogen) atoms. The first-order chi connectivity index (χ1) is 16.1. The summed E-state index contributed by atoms with van der Waals surface area (Å²) in [5, 5.41) is 0. The maximum absolute atomic E-state index is 12.5. The summed E-state index contributed by atoms with van der Waals surface area (Å²) < 4.78 is 11.0. The fraction of sp³-hybridized carbons (Fsp3) is 0.724. The number of carbonyl (C=O) groups is 2. The third-order valence-corrected chi connectivity index (χ3v) is 6.17. The number of benzene rings is 1. The molecule has 1 rings (SSSR count). The smallest absolute Gasteiger partial charge is 0.338 e. The molecule has 0 aliphatic rings. The normalized spacial score (nSPS) is 11.8. The van der Waals surface area contributed by atoms with Gasteiger partial charge in [-0.25, -0.2) is 9.59 Å².